The summed E-state index contributed by atoms with van der Waals surface area (Å²) in [4.78, 5) is 29.5. The van der Waals surface area contributed by atoms with Gasteiger partial charge in [0.2, 0.25) is 0 Å². The zero-order valence-corrected chi connectivity index (χ0v) is 19.7. The van der Waals surface area contributed by atoms with Gasteiger partial charge < -0.3 is 5.11 Å². The lowest BCUT2D eigenvalue weighted by Crippen LogP contribution is -2.47. The maximum atomic E-state index is 13.7. The lowest BCUT2D eigenvalue weighted by atomic mass is 9.97. The molecule has 1 N–H and O–H groups in total. The number of carbonyl (C=O) groups excluding carboxylic acids is 2. The summed E-state index contributed by atoms with van der Waals surface area (Å²) in [6, 6.07) is 26.0. The van der Waals surface area contributed by atoms with Gasteiger partial charge in [0.05, 0.1) is 5.69 Å². The van der Waals surface area contributed by atoms with Gasteiger partial charge in [0.1, 0.15) is 0 Å². The molecule has 4 aromatic rings. The number of fused-ring (bicyclic) bond motifs is 1. The van der Waals surface area contributed by atoms with Crippen molar-refractivity contribution in [2.75, 3.05) is 9.80 Å². The van der Waals surface area contributed by atoms with Gasteiger partial charge in [0, 0.05) is 20.2 Å². The molecule has 158 valence electrons. The second-order valence-corrected chi connectivity index (χ2v) is 9.28. The summed E-state index contributed by atoms with van der Waals surface area (Å²) in [5.74, 6) is -0.733. The molecule has 1 aliphatic rings. The van der Waals surface area contributed by atoms with Crippen molar-refractivity contribution in [2.45, 2.75) is 5.72 Å². The van der Waals surface area contributed by atoms with Gasteiger partial charge in [-0.15, -0.1) is 0 Å². The molecule has 1 atom stereocenters. The predicted octanol–water partition coefficient (Wildman–Crippen LogP) is 6.18. The molecular formula is C25H16Br2N2O3. The molecular weight excluding hydrogens is 536 g/mol. The van der Waals surface area contributed by atoms with E-state index in [4.69, 9.17) is 0 Å². The van der Waals surface area contributed by atoms with Crippen LogP contribution in [0, 0.1) is 0 Å². The number of rotatable bonds is 3. The minimum Gasteiger partial charge on any atom is -0.359 e. The topological polar surface area (TPSA) is 60.9 Å². The van der Waals surface area contributed by atoms with E-state index in [0.29, 0.717) is 16.9 Å². The van der Waals surface area contributed by atoms with Crippen molar-refractivity contribution in [3.8, 4) is 0 Å². The first kappa shape index (κ1) is 20.9. The first-order valence-electron chi connectivity index (χ1n) is 9.81. The molecule has 4 aromatic carbocycles. The lowest BCUT2D eigenvalue weighted by Gasteiger charge is -2.30. The molecule has 1 aliphatic heterocycles. The summed E-state index contributed by atoms with van der Waals surface area (Å²) in [5.41, 5.74) is -1.11. The third kappa shape index (κ3) is 3.24. The SMILES string of the molecule is O=C1N(c2ccc(Br)cc2)C(=O)C(O)(c2ccc3ccccc3c2)N1c1ccc(Br)cc1. The second-order valence-electron chi connectivity index (χ2n) is 7.45. The molecule has 0 radical (unpaired) electrons. The number of hydrogen-bond acceptors (Lipinski definition) is 3. The minimum atomic E-state index is -2.21. The van der Waals surface area contributed by atoms with Crippen LogP contribution in [0.3, 0.4) is 0 Å². The van der Waals surface area contributed by atoms with Crippen molar-refractivity contribution >= 4 is 65.9 Å². The molecule has 0 saturated carbocycles. The van der Waals surface area contributed by atoms with Crippen LogP contribution < -0.4 is 9.80 Å². The van der Waals surface area contributed by atoms with E-state index in [0.717, 1.165) is 29.5 Å². The zero-order valence-electron chi connectivity index (χ0n) is 16.6. The van der Waals surface area contributed by atoms with Gasteiger partial charge in [-0.05, 0) is 65.4 Å². The Morgan fingerprint density at radius 2 is 1.25 bits per heavy atom. The summed E-state index contributed by atoms with van der Waals surface area (Å²) < 4.78 is 1.63. The maximum Gasteiger partial charge on any atom is 0.339 e. The highest BCUT2D eigenvalue weighted by Gasteiger charge is 2.59. The third-order valence-electron chi connectivity index (χ3n) is 5.53. The van der Waals surface area contributed by atoms with E-state index in [1.54, 1.807) is 60.7 Å². The van der Waals surface area contributed by atoms with Gasteiger partial charge in [-0.25, -0.2) is 9.69 Å². The number of hydrogen-bond donors (Lipinski definition) is 1. The van der Waals surface area contributed by atoms with Crippen LogP contribution in [0.25, 0.3) is 10.8 Å². The normalized spacial score (nSPS) is 18.6. The predicted molar refractivity (Wildman–Crippen MR) is 131 cm³/mol. The van der Waals surface area contributed by atoms with Crippen LogP contribution in [0.2, 0.25) is 0 Å². The Morgan fingerprint density at radius 3 is 1.88 bits per heavy atom. The van der Waals surface area contributed by atoms with Gasteiger partial charge in [0.15, 0.2) is 0 Å². The Balaban J connectivity index is 1.72. The Kier molecular flexibility index (Phi) is 5.12. The molecule has 1 heterocycles. The van der Waals surface area contributed by atoms with Crippen LogP contribution in [0.4, 0.5) is 16.2 Å². The van der Waals surface area contributed by atoms with Crippen molar-refractivity contribution < 1.29 is 14.7 Å². The molecule has 1 unspecified atom stereocenters. The fourth-order valence-corrected chi connectivity index (χ4v) is 4.47. The first-order valence-corrected chi connectivity index (χ1v) is 11.4. The Labute approximate surface area is 201 Å². The number of nitrogens with zero attached hydrogens (tertiary/aromatic N) is 2. The third-order valence-corrected chi connectivity index (χ3v) is 6.59. The number of halogens is 2. The quantitative estimate of drug-likeness (QED) is 0.309. The summed E-state index contributed by atoms with van der Waals surface area (Å²) in [6.45, 7) is 0. The molecule has 5 nitrogen and oxygen atoms in total. The molecule has 7 heteroatoms. The standard InChI is InChI=1S/C25H16Br2N2O3/c26-19-7-11-21(12-8-19)28-23(30)25(32,18-6-5-16-3-1-2-4-17(16)15-18)29(24(28)31)22-13-9-20(27)10-14-22/h1-15,32H. The van der Waals surface area contributed by atoms with Crippen molar-refractivity contribution in [1.29, 1.82) is 0 Å². The molecule has 32 heavy (non-hydrogen) atoms. The first-order chi connectivity index (χ1) is 15.4. The van der Waals surface area contributed by atoms with Crippen LogP contribution in [-0.2, 0) is 10.5 Å². The van der Waals surface area contributed by atoms with Crippen LogP contribution in [0.15, 0.2) is 99.9 Å². The van der Waals surface area contributed by atoms with E-state index in [2.05, 4.69) is 31.9 Å². The maximum absolute atomic E-state index is 13.7. The molecule has 3 amide bonds. The molecule has 5 rings (SSSR count). The van der Waals surface area contributed by atoms with Crippen molar-refractivity contribution in [1.82, 2.24) is 0 Å². The fourth-order valence-electron chi connectivity index (χ4n) is 3.94. The number of anilines is 2. The van der Waals surface area contributed by atoms with Crippen molar-refractivity contribution in [2.24, 2.45) is 0 Å². The highest BCUT2D eigenvalue weighted by molar-refractivity contribution is 9.10. The van der Waals surface area contributed by atoms with E-state index >= 15 is 0 Å². The van der Waals surface area contributed by atoms with Crippen molar-refractivity contribution in [3.05, 3.63) is 106 Å². The largest absolute Gasteiger partial charge is 0.359 e. The van der Waals surface area contributed by atoms with Crippen molar-refractivity contribution in [3.63, 3.8) is 0 Å². The van der Waals surface area contributed by atoms with Gasteiger partial charge in [0.25, 0.3) is 11.6 Å². The van der Waals surface area contributed by atoms with Gasteiger partial charge >= 0.3 is 6.03 Å². The number of aliphatic hydroxyl groups is 1. The average molecular weight is 552 g/mol. The number of urea groups is 1. The smallest absolute Gasteiger partial charge is 0.339 e. The van der Waals surface area contributed by atoms with Crippen LogP contribution in [0.1, 0.15) is 5.56 Å². The molecule has 1 fully saturated rings. The summed E-state index contributed by atoms with van der Waals surface area (Å²) >= 11 is 6.76. The minimum absolute atomic E-state index is 0.317. The van der Waals surface area contributed by atoms with E-state index in [1.165, 1.54) is 0 Å². The van der Waals surface area contributed by atoms with Crippen LogP contribution >= 0.6 is 31.9 Å². The number of benzene rings is 4. The summed E-state index contributed by atoms with van der Waals surface area (Å²) in [6.07, 6.45) is 0. The molecule has 0 bridgehead atoms. The fraction of sp³-hybridized carbons (Fsp3) is 0.0400. The zero-order chi connectivity index (χ0) is 22.5. The number of carbonyl (C=O) groups is 2. The van der Waals surface area contributed by atoms with Gasteiger partial charge in [-0.1, -0.05) is 68.3 Å². The van der Waals surface area contributed by atoms with Crippen LogP contribution in [0.5, 0.6) is 0 Å². The molecule has 0 aromatic heterocycles. The molecule has 1 saturated heterocycles. The van der Waals surface area contributed by atoms with E-state index in [1.807, 2.05) is 30.3 Å². The highest BCUT2D eigenvalue weighted by Crippen LogP contribution is 2.42. The summed E-state index contributed by atoms with van der Waals surface area (Å²) in [5, 5.41) is 13.7. The van der Waals surface area contributed by atoms with E-state index < -0.39 is 17.7 Å². The Bertz CT molecular complexity index is 1360. The summed E-state index contributed by atoms with van der Waals surface area (Å²) in [7, 11) is 0. The Morgan fingerprint density at radius 1 is 0.688 bits per heavy atom. The molecule has 0 spiro atoms. The van der Waals surface area contributed by atoms with E-state index in [-0.39, 0.29) is 0 Å². The van der Waals surface area contributed by atoms with Crippen LogP contribution in [-0.4, -0.2) is 17.0 Å². The number of amides is 3. The average Bonchev–Trinajstić information content (AvgIpc) is 3.01. The van der Waals surface area contributed by atoms with Gasteiger partial charge in [-0.2, -0.15) is 0 Å². The Hall–Kier alpha value is -3.00. The lowest BCUT2D eigenvalue weighted by molar-refractivity contribution is -0.133. The molecule has 0 aliphatic carbocycles. The second kappa shape index (κ2) is 7.85. The highest BCUT2D eigenvalue weighted by atomic mass is 79.9. The van der Waals surface area contributed by atoms with E-state index in [9.17, 15) is 14.7 Å². The van der Waals surface area contributed by atoms with Gasteiger partial charge in [-0.3, -0.25) is 9.69 Å². The monoisotopic (exact) mass is 550 g/mol. The number of imide groups is 1.